The van der Waals surface area contributed by atoms with Crippen molar-refractivity contribution in [2.24, 2.45) is 0 Å². The van der Waals surface area contributed by atoms with E-state index in [1.165, 1.54) is 44.6 Å². The largest absolute Gasteiger partial charge is 0.497 e. The van der Waals surface area contributed by atoms with Gasteiger partial charge in [-0.1, -0.05) is 0 Å². The zero-order valence-electron chi connectivity index (χ0n) is 14.1. The molecule has 0 aliphatic rings. The smallest absolute Gasteiger partial charge is 0.262 e. The van der Waals surface area contributed by atoms with Gasteiger partial charge in [0, 0.05) is 11.8 Å². The summed E-state index contributed by atoms with van der Waals surface area (Å²) in [5.74, 6) is 0.344. The van der Waals surface area contributed by atoms with E-state index in [2.05, 4.69) is 10.0 Å². The lowest BCUT2D eigenvalue weighted by Gasteiger charge is -2.13. The summed E-state index contributed by atoms with van der Waals surface area (Å²) >= 11 is 0. The molecule has 136 valence electrons. The highest BCUT2D eigenvalue weighted by molar-refractivity contribution is 7.92. The number of nitrogens with zero attached hydrogens (tertiary/aromatic N) is 1. The predicted molar refractivity (Wildman–Crippen MR) is 95.7 cm³/mol. The van der Waals surface area contributed by atoms with E-state index in [4.69, 9.17) is 14.7 Å². The molecular formula is C17H17N3O5S. The second kappa shape index (κ2) is 8.22. The maximum absolute atomic E-state index is 12.6. The first-order valence-corrected chi connectivity index (χ1v) is 8.89. The number of benzene rings is 2. The van der Waals surface area contributed by atoms with Gasteiger partial charge in [0.15, 0.2) is 0 Å². The molecule has 2 N–H and O–H groups in total. The van der Waals surface area contributed by atoms with Crippen LogP contribution in [0.15, 0.2) is 47.4 Å². The quantitative estimate of drug-likeness (QED) is 0.767. The number of anilines is 2. The Balaban J connectivity index is 2.23. The number of amides is 1. The minimum atomic E-state index is -3.88. The molecule has 2 rings (SSSR count). The Kier molecular flexibility index (Phi) is 6.03. The SMILES string of the molecule is COc1ccc(OC)c(NS(=O)(=O)c2ccc(NC(=O)CC#N)cc2)c1. The van der Waals surface area contributed by atoms with Crippen LogP contribution in [0.5, 0.6) is 11.5 Å². The molecule has 0 bridgehead atoms. The van der Waals surface area contributed by atoms with Crippen LogP contribution in [0.2, 0.25) is 0 Å². The van der Waals surface area contributed by atoms with Gasteiger partial charge in [0.1, 0.15) is 17.9 Å². The highest BCUT2D eigenvalue weighted by Crippen LogP contribution is 2.31. The normalized spacial score (nSPS) is 10.5. The summed E-state index contributed by atoms with van der Waals surface area (Å²) < 4.78 is 37.8. The molecule has 1 amide bonds. The number of rotatable bonds is 7. The van der Waals surface area contributed by atoms with Gasteiger partial charge in [0.25, 0.3) is 10.0 Å². The molecule has 0 saturated carbocycles. The zero-order valence-corrected chi connectivity index (χ0v) is 15.0. The monoisotopic (exact) mass is 375 g/mol. The predicted octanol–water partition coefficient (Wildman–Crippen LogP) is 2.36. The van der Waals surface area contributed by atoms with Gasteiger partial charge >= 0.3 is 0 Å². The van der Waals surface area contributed by atoms with E-state index < -0.39 is 15.9 Å². The number of sulfonamides is 1. The van der Waals surface area contributed by atoms with Crippen LogP contribution >= 0.6 is 0 Å². The number of ether oxygens (including phenoxy) is 2. The molecule has 9 heteroatoms. The number of methoxy groups -OCH3 is 2. The van der Waals surface area contributed by atoms with E-state index in [-0.39, 0.29) is 17.0 Å². The number of nitriles is 1. The molecule has 0 aromatic heterocycles. The van der Waals surface area contributed by atoms with Crippen molar-refractivity contribution in [3.8, 4) is 17.6 Å². The average Bonchev–Trinajstić information content (AvgIpc) is 2.62. The summed E-state index contributed by atoms with van der Waals surface area (Å²) in [6.07, 6.45) is -0.281. The molecule has 0 radical (unpaired) electrons. The third kappa shape index (κ3) is 4.64. The van der Waals surface area contributed by atoms with E-state index in [0.29, 0.717) is 17.2 Å². The second-order valence-corrected chi connectivity index (χ2v) is 6.76. The Morgan fingerprint density at radius 1 is 1.12 bits per heavy atom. The third-order valence-corrected chi connectivity index (χ3v) is 4.72. The van der Waals surface area contributed by atoms with E-state index in [1.54, 1.807) is 18.2 Å². The van der Waals surface area contributed by atoms with Crippen molar-refractivity contribution in [3.63, 3.8) is 0 Å². The van der Waals surface area contributed by atoms with E-state index in [0.717, 1.165) is 0 Å². The van der Waals surface area contributed by atoms with Crippen LogP contribution in [-0.2, 0) is 14.8 Å². The van der Waals surface area contributed by atoms with E-state index in [1.807, 2.05) is 0 Å². The standard InChI is InChI=1S/C17H17N3O5S/c1-24-13-5-8-16(25-2)15(11-13)20-26(22,23)14-6-3-12(4-7-14)19-17(21)9-10-18/h3-8,11,20H,9H2,1-2H3,(H,19,21). The van der Waals surface area contributed by atoms with Crippen molar-refractivity contribution in [1.29, 1.82) is 5.26 Å². The molecule has 0 unspecified atom stereocenters. The highest BCUT2D eigenvalue weighted by Gasteiger charge is 2.17. The number of carbonyl (C=O) groups is 1. The minimum Gasteiger partial charge on any atom is -0.497 e. The summed E-state index contributed by atoms with van der Waals surface area (Å²) in [5, 5.41) is 11.0. The van der Waals surface area contributed by atoms with Crippen molar-refractivity contribution in [2.75, 3.05) is 24.3 Å². The van der Waals surface area contributed by atoms with Crippen LogP contribution in [0.25, 0.3) is 0 Å². The molecule has 0 fully saturated rings. The third-order valence-electron chi connectivity index (χ3n) is 3.34. The molecule has 0 atom stereocenters. The topological polar surface area (TPSA) is 118 Å². The zero-order chi connectivity index (χ0) is 19.2. The fourth-order valence-electron chi connectivity index (χ4n) is 2.09. The molecule has 0 aliphatic heterocycles. The van der Waals surface area contributed by atoms with Gasteiger partial charge in [-0.25, -0.2) is 8.42 Å². The van der Waals surface area contributed by atoms with Crippen LogP contribution in [0.4, 0.5) is 11.4 Å². The van der Waals surface area contributed by atoms with Crippen molar-refractivity contribution >= 4 is 27.3 Å². The molecule has 2 aromatic rings. The fraction of sp³-hybridized carbons (Fsp3) is 0.176. The van der Waals surface area contributed by atoms with Crippen LogP contribution in [0.1, 0.15) is 6.42 Å². The Hall–Kier alpha value is -3.25. The second-order valence-electron chi connectivity index (χ2n) is 5.08. The number of nitrogens with one attached hydrogen (secondary N) is 2. The number of carbonyl (C=O) groups excluding carboxylic acids is 1. The van der Waals surface area contributed by atoms with Crippen molar-refractivity contribution in [3.05, 3.63) is 42.5 Å². The van der Waals surface area contributed by atoms with E-state index in [9.17, 15) is 13.2 Å². The van der Waals surface area contributed by atoms with Gasteiger partial charge in [-0.05, 0) is 36.4 Å². The molecule has 0 spiro atoms. The fourth-order valence-corrected chi connectivity index (χ4v) is 3.15. The Bertz CT molecular complexity index is 934. The molecular weight excluding hydrogens is 358 g/mol. The van der Waals surface area contributed by atoms with Crippen molar-refractivity contribution < 1.29 is 22.7 Å². The summed E-state index contributed by atoms with van der Waals surface area (Å²) in [4.78, 5) is 11.4. The van der Waals surface area contributed by atoms with Gasteiger partial charge < -0.3 is 14.8 Å². The first-order chi connectivity index (χ1) is 12.4. The summed E-state index contributed by atoms with van der Waals surface area (Å²) in [6, 6.07) is 12.0. The lowest BCUT2D eigenvalue weighted by Crippen LogP contribution is -2.14. The van der Waals surface area contributed by atoms with Gasteiger partial charge in [-0.2, -0.15) is 5.26 Å². The number of hydrogen-bond donors (Lipinski definition) is 2. The Morgan fingerprint density at radius 3 is 2.38 bits per heavy atom. The molecule has 26 heavy (non-hydrogen) atoms. The van der Waals surface area contributed by atoms with Crippen LogP contribution < -0.4 is 19.5 Å². The summed E-state index contributed by atoms with van der Waals surface area (Å²) in [7, 11) is -0.976. The Labute approximate surface area is 151 Å². The van der Waals surface area contributed by atoms with Crippen LogP contribution in [0, 0.1) is 11.3 Å². The summed E-state index contributed by atoms with van der Waals surface area (Å²) in [5.41, 5.74) is 0.626. The lowest BCUT2D eigenvalue weighted by molar-refractivity contribution is -0.115. The van der Waals surface area contributed by atoms with Crippen molar-refractivity contribution in [1.82, 2.24) is 0 Å². The maximum Gasteiger partial charge on any atom is 0.262 e. The molecule has 8 nitrogen and oxygen atoms in total. The molecule has 0 saturated heterocycles. The first-order valence-electron chi connectivity index (χ1n) is 7.41. The van der Waals surface area contributed by atoms with Crippen molar-refractivity contribution in [2.45, 2.75) is 11.3 Å². The summed E-state index contributed by atoms with van der Waals surface area (Å²) in [6.45, 7) is 0. The molecule has 2 aromatic carbocycles. The van der Waals surface area contributed by atoms with Gasteiger partial charge in [0.2, 0.25) is 5.91 Å². The van der Waals surface area contributed by atoms with Gasteiger partial charge in [-0.3, -0.25) is 9.52 Å². The van der Waals surface area contributed by atoms with E-state index >= 15 is 0 Å². The maximum atomic E-state index is 12.6. The van der Waals surface area contributed by atoms with Crippen LogP contribution in [0.3, 0.4) is 0 Å². The molecule has 0 heterocycles. The first kappa shape index (κ1) is 19.1. The van der Waals surface area contributed by atoms with Gasteiger partial charge in [-0.15, -0.1) is 0 Å². The Morgan fingerprint density at radius 2 is 1.81 bits per heavy atom. The average molecular weight is 375 g/mol. The number of hydrogen-bond acceptors (Lipinski definition) is 6. The van der Waals surface area contributed by atoms with Gasteiger partial charge in [0.05, 0.1) is 30.9 Å². The molecule has 0 aliphatic carbocycles. The lowest BCUT2D eigenvalue weighted by atomic mass is 10.3. The minimum absolute atomic E-state index is 0.000607. The highest BCUT2D eigenvalue weighted by atomic mass is 32.2. The van der Waals surface area contributed by atoms with Crippen LogP contribution in [-0.4, -0.2) is 28.5 Å².